The summed E-state index contributed by atoms with van der Waals surface area (Å²) in [7, 11) is -0.112. The second-order valence-corrected chi connectivity index (χ2v) is 17.5. The van der Waals surface area contributed by atoms with E-state index in [1.165, 1.54) is 11.1 Å². The van der Waals surface area contributed by atoms with Gasteiger partial charge in [0.15, 0.2) is 0 Å². The van der Waals surface area contributed by atoms with Gasteiger partial charge in [-0.25, -0.2) is 9.00 Å². The Kier molecular flexibility index (Phi) is 9.97. The summed E-state index contributed by atoms with van der Waals surface area (Å²) in [4.78, 5) is 31.3. The molecule has 3 heterocycles. The zero-order chi connectivity index (χ0) is 35.2. The van der Waals surface area contributed by atoms with Gasteiger partial charge in [0.2, 0.25) is 0 Å². The van der Waals surface area contributed by atoms with Gasteiger partial charge in [0.05, 0.1) is 42.8 Å². The molecular formula is C38H49ClN4O6S. The number of nitrogens with one attached hydrogen (secondary N) is 1. The molecule has 2 bridgehead atoms. The Morgan fingerprint density at radius 2 is 1.96 bits per heavy atom. The SMILES string of the molecule is CO[C@H]1/C=C\C[C@H](C)CS(=O)(NC(=O)N2C[C@@H](OC)[C@@H]2C)=NC(=O)c2ccc3c(c2)N(C[C@@H]2CC[C@H]21)C[C@@]1(CCCc2cc(Cl)ccc21)CO3. The van der Waals surface area contributed by atoms with Gasteiger partial charge in [-0.1, -0.05) is 36.7 Å². The van der Waals surface area contributed by atoms with Crippen LogP contribution in [-0.4, -0.2) is 85.5 Å². The lowest BCUT2D eigenvalue weighted by Crippen LogP contribution is -2.64. The van der Waals surface area contributed by atoms with Crippen LogP contribution in [0.1, 0.15) is 67.4 Å². The zero-order valence-electron chi connectivity index (χ0n) is 29.4. The van der Waals surface area contributed by atoms with Gasteiger partial charge >= 0.3 is 6.03 Å². The number of urea groups is 1. The van der Waals surface area contributed by atoms with E-state index in [-0.39, 0.29) is 35.3 Å². The Hall–Kier alpha value is -3.12. The number of benzene rings is 2. The lowest BCUT2D eigenvalue weighted by molar-refractivity contribution is -0.0508. The number of nitrogens with zero attached hydrogens (tertiary/aromatic N) is 3. The number of carbonyl (C=O) groups excluding carboxylic acids is 2. The first-order chi connectivity index (χ1) is 24.0. The predicted octanol–water partition coefficient (Wildman–Crippen LogP) is 6.40. The normalized spacial score (nSPS) is 34.5. The zero-order valence-corrected chi connectivity index (χ0v) is 31.0. The van der Waals surface area contributed by atoms with Crippen LogP contribution in [0.25, 0.3) is 0 Å². The number of amides is 3. The van der Waals surface area contributed by atoms with Crippen LogP contribution in [0.3, 0.4) is 0 Å². The number of aryl methyl sites for hydroxylation is 1. The third kappa shape index (κ3) is 6.78. The molecule has 2 fully saturated rings. The molecule has 1 saturated carbocycles. The summed E-state index contributed by atoms with van der Waals surface area (Å²) >= 11 is 6.45. The van der Waals surface area contributed by atoms with Crippen LogP contribution in [0.5, 0.6) is 5.75 Å². The van der Waals surface area contributed by atoms with Crippen molar-refractivity contribution in [3.8, 4) is 5.75 Å². The fourth-order valence-electron chi connectivity index (χ4n) is 8.68. The quantitative estimate of drug-likeness (QED) is 0.365. The molecule has 1 unspecified atom stereocenters. The van der Waals surface area contributed by atoms with E-state index in [1.807, 2.05) is 32.0 Å². The highest BCUT2D eigenvalue weighted by atomic mass is 35.5. The van der Waals surface area contributed by atoms with Crippen molar-refractivity contribution in [2.45, 2.75) is 76.0 Å². The molecule has 1 N–H and O–H groups in total. The Balaban J connectivity index is 1.28. The number of fused-ring (bicyclic) bond motifs is 4. The summed E-state index contributed by atoms with van der Waals surface area (Å²) in [5.74, 6) is 0.725. The molecule has 3 aliphatic heterocycles. The third-order valence-corrected chi connectivity index (χ3v) is 13.9. The van der Waals surface area contributed by atoms with E-state index in [0.717, 1.165) is 55.9 Å². The van der Waals surface area contributed by atoms with Crippen molar-refractivity contribution >= 4 is 39.1 Å². The largest absolute Gasteiger partial charge is 0.490 e. The first kappa shape index (κ1) is 35.3. The molecule has 50 heavy (non-hydrogen) atoms. The number of halogens is 1. The van der Waals surface area contributed by atoms with Gasteiger partial charge in [-0.05, 0) is 105 Å². The lowest BCUT2D eigenvalue weighted by Gasteiger charge is -2.46. The molecule has 1 spiro atoms. The molecular weight excluding hydrogens is 676 g/mol. The number of allylic oxidation sites excluding steroid dienone is 1. The van der Waals surface area contributed by atoms with Crippen LogP contribution in [0.2, 0.25) is 5.02 Å². The summed E-state index contributed by atoms with van der Waals surface area (Å²) < 4.78 is 39.6. The highest BCUT2D eigenvalue weighted by molar-refractivity contribution is 7.92. The minimum absolute atomic E-state index is 0.0283. The molecule has 0 radical (unpaired) electrons. The lowest BCUT2D eigenvalue weighted by atomic mass is 9.68. The van der Waals surface area contributed by atoms with E-state index in [9.17, 15) is 13.8 Å². The summed E-state index contributed by atoms with van der Waals surface area (Å²) in [6.45, 7) is 6.24. The van der Waals surface area contributed by atoms with E-state index < -0.39 is 21.9 Å². The topological polar surface area (TPSA) is 110 Å². The predicted molar refractivity (Wildman–Crippen MR) is 195 cm³/mol. The summed E-state index contributed by atoms with van der Waals surface area (Å²) in [5, 5.41) is 0.743. The molecule has 10 nitrogen and oxygen atoms in total. The van der Waals surface area contributed by atoms with Gasteiger partial charge < -0.3 is 24.0 Å². The van der Waals surface area contributed by atoms with Crippen molar-refractivity contribution < 1.29 is 28.0 Å². The summed E-state index contributed by atoms with van der Waals surface area (Å²) in [6.07, 6.45) is 9.84. The molecule has 2 aromatic carbocycles. The van der Waals surface area contributed by atoms with E-state index in [0.29, 0.717) is 42.7 Å². The van der Waals surface area contributed by atoms with Crippen molar-refractivity contribution in [1.29, 1.82) is 0 Å². The highest BCUT2D eigenvalue weighted by Crippen LogP contribution is 2.47. The fraction of sp³-hybridized carbons (Fsp3) is 0.579. The van der Waals surface area contributed by atoms with Crippen molar-refractivity contribution in [3.05, 3.63) is 70.3 Å². The maximum atomic E-state index is 14.5. The average Bonchev–Trinajstić information content (AvgIpc) is 3.21. The highest BCUT2D eigenvalue weighted by Gasteiger charge is 2.45. The smallest absolute Gasteiger partial charge is 0.330 e. The average molecular weight is 725 g/mol. The first-order valence-corrected chi connectivity index (χ1v) is 20.0. The number of ether oxygens (including phenoxy) is 3. The monoisotopic (exact) mass is 724 g/mol. The van der Waals surface area contributed by atoms with Crippen molar-refractivity contribution in [2.24, 2.45) is 22.1 Å². The summed E-state index contributed by atoms with van der Waals surface area (Å²) in [5.41, 5.74) is 3.43. The van der Waals surface area contributed by atoms with Crippen LogP contribution in [0.4, 0.5) is 10.5 Å². The molecule has 2 aromatic rings. The van der Waals surface area contributed by atoms with Crippen LogP contribution in [-0.2, 0) is 31.2 Å². The van der Waals surface area contributed by atoms with Gasteiger partial charge in [-0.15, -0.1) is 4.36 Å². The maximum absolute atomic E-state index is 14.5. The molecule has 0 aromatic heterocycles. The van der Waals surface area contributed by atoms with Crippen LogP contribution >= 0.6 is 11.6 Å². The molecule has 5 aliphatic rings. The Morgan fingerprint density at radius 3 is 2.70 bits per heavy atom. The van der Waals surface area contributed by atoms with Gasteiger partial charge in [0.1, 0.15) is 15.7 Å². The molecule has 1 saturated heterocycles. The van der Waals surface area contributed by atoms with Gasteiger partial charge in [-0.2, -0.15) is 0 Å². The second-order valence-electron chi connectivity index (χ2n) is 15.0. The number of carbonyl (C=O) groups is 2. The van der Waals surface area contributed by atoms with Crippen molar-refractivity contribution in [1.82, 2.24) is 9.62 Å². The third-order valence-electron chi connectivity index (χ3n) is 11.7. The van der Waals surface area contributed by atoms with Crippen LogP contribution in [0.15, 0.2) is 52.9 Å². The van der Waals surface area contributed by atoms with Gasteiger partial charge in [0.25, 0.3) is 5.91 Å². The molecule has 3 amide bonds. The minimum atomic E-state index is -3.49. The van der Waals surface area contributed by atoms with Crippen LogP contribution < -0.4 is 14.4 Å². The molecule has 12 heteroatoms. The standard InChI is InChI=1S/C38H49ClN4O6S/c1-24-7-5-9-33(47-3)30-13-10-28(30)19-42-22-38(16-6-8-26-17-29(39)12-14-31(26)38)23-49-34-15-11-27(18-32(34)42)36(44)40-50(46,21-24)41-37(45)43-20-35(48-4)25(43)2/h5,9,11-12,14-15,17-18,24-25,28,30,33,35H,6-8,10,13,16,19-23H2,1-4H3,(H,40,41,44,45,46)/b9-5-/t24-,25-,28-,30+,33-,35+,38-,50?/m0/s1. The number of hydrogen-bond donors (Lipinski definition) is 1. The fourth-order valence-corrected chi connectivity index (χ4v) is 10.7. The summed E-state index contributed by atoms with van der Waals surface area (Å²) in [6, 6.07) is 10.9. The van der Waals surface area contributed by atoms with E-state index in [2.05, 4.69) is 38.3 Å². The van der Waals surface area contributed by atoms with Crippen molar-refractivity contribution in [2.75, 3.05) is 51.1 Å². The van der Waals surface area contributed by atoms with E-state index in [4.69, 9.17) is 25.8 Å². The first-order valence-electron chi connectivity index (χ1n) is 17.9. The van der Waals surface area contributed by atoms with E-state index >= 15 is 0 Å². The second kappa shape index (κ2) is 14.1. The van der Waals surface area contributed by atoms with Crippen LogP contribution in [0, 0.1) is 17.8 Å². The Morgan fingerprint density at radius 1 is 1.12 bits per heavy atom. The number of anilines is 1. The number of likely N-dealkylation sites (tertiary alicyclic amines) is 1. The van der Waals surface area contributed by atoms with E-state index in [1.54, 1.807) is 25.2 Å². The minimum Gasteiger partial charge on any atom is -0.490 e. The van der Waals surface area contributed by atoms with Crippen molar-refractivity contribution in [3.63, 3.8) is 0 Å². The number of methoxy groups -OCH3 is 2. The van der Waals surface area contributed by atoms with Gasteiger partial charge in [-0.3, -0.25) is 9.52 Å². The molecule has 2 aliphatic carbocycles. The molecule has 8 atom stereocenters. The molecule has 270 valence electrons. The Labute approximate surface area is 301 Å². The Bertz CT molecular complexity index is 1790. The maximum Gasteiger partial charge on any atom is 0.330 e. The van der Waals surface area contributed by atoms with Gasteiger partial charge in [0, 0.05) is 43.3 Å². The number of hydrogen-bond acceptors (Lipinski definition) is 7. The molecule has 7 rings (SSSR count). The number of rotatable bonds is 3.